The number of hydrogen-bond acceptors (Lipinski definition) is 3. The van der Waals surface area contributed by atoms with E-state index in [9.17, 15) is 9.18 Å². The first kappa shape index (κ1) is 14.0. The van der Waals surface area contributed by atoms with Crippen LogP contribution in [0.1, 0.15) is 28.8 Å². The van der Waals surface area contributed by atoms with Gasteiger partial charge in [-0.3, -0.25) is 9.69 Å². The van der Waals surface area contributed by atoms with Crippen LogP contribution in [0.5, 0.6) is 0 Å². The Morgan fingerprint density at radius 2 is 2.32 bits per heavy atom. The first-order valence-electron chi connectivity index (χ1n) is 6.51. The number of hydrogen-bond donors (Lipinski definition) is 2. The van der Waals surface area contributed by atoms with Crippen LogP contribution >= 0.6 is 0 Å². The topological polar surface area (TPSA) is 66.6 Å². The van der Waals surface area contributed by atoms with Crippen LogP contribution in [0.25, 0.3) is 0 Å². The van der Waals surface area contributed by atoms with Crippen molar-refractivity contribution < 1.29 is 14.3 Å². The molecule has 0 radical (unpaired) electrons. The van der Waals surface area contributed by atoms with E-state index in [1.807, 2.05) is 0 Å². The lowest BCUT2D eigenvalue weighted by molar-refractivity contribution is 0.1000. The summed E-state index contributed by atoms with van der Waals surface area (Å²) in [6.45, 7) is 2.55. The number of likely N-dealkylation sites (tertiary alicyclic amines) is 1. The Balaban J connectivity index is 1.98. The molecule has 0 saturated carbocycles. The maximum atomic E-state index is 13.8. The fraction of sp³-hybridized carbons (Fsp3) is 0.500. The first-order chi connectivity index (χ1) is 9.10. The van der Waals surface area contributed by atoms with Crippen LogP contribution in [0, 0.1) is 11.7 Å². The molecular formula is C14H19FN2O2. The van der Waals surface area contributed by atoms with Crippen LogP contribution in [0.15, 0.2) is 18.2 Å². The van der Waals surface area contributed by atoms with Crippen molar-refractivity contribution in [1.29, 1.82) is 0 Å². The number of carbonyl (C=O) groups excluding carboxylic acids is 1. The quantitative estimate of drug-likeness (QED) is 0.839. The molecule has 1 aromatic carbocycles. The molecule has 19 heavy (non-hydrogen) atoms. The third-order valence-corrected chi connectivity index (χ3v) is 3.64. The molecule has 1 aromatic rings. The van der Waals surface area contributed by atoms with Crippen molar-refractivity contribution >= 4 is 5.91 Å². The van der Waals surface area contributed by atoms with Crippen molar-refractivity contribution in [2.75, 3.05) is 19.7 Å². The predicted octanol–water partition coefficient (Wildman–Crippen LogP) is 1.13. The lowest BCUT2D eigenvalue weighted by Gasteiger charge is -2.16. The van der Waals surface area contributed by atoms with Crippen LogP contribution in [0.2, 0.25) is 0 Å². The average molecular weight is 266 g/mol. The van der Waals surface area contributed by atoms with Gasteiger partial charge in [-0.2, -0.15) is 0 Å². The fourth-order valence-electron chi connectivity index (χ4n) is 2.54. The second-order valence-corrected chi connectivity index (χ2v) is 5.07. The van der Waals surface area contributed by atoms with E-state index in [1.54, 1.807) is 12.1 Å². The zero-order valence-corrected chi connectivity index (χ0v) is 10.8. The van der Waals surface area contributed by atoms with Crippen LogP contribution in [-0.4, -0.2) is 35.6 Å². The summed E-state index contributed by atoms with van der Waals surface area (Å²) in [6, 6.07) is 4.37. The molecule has 1 fully saturated rings. The number of primary amides is 1. The lowest BCUT2D eigenvalue weighted by atomic mass is 10.1. The van der Waals surface area contributed by atoms with Crippen molar-refractivity contribution in [2.45, 2.75) is 19.4 Å². The normalized spacial score (nSPS) is 19.8. The van der Waals surface area contributed by atoms with E-state index in [1.165, 1.54) is 6.07 Å². The van der Waals surface area contributed by atoms with E-state index >= 15 is 0 Å². The maximum absolute atomic E-state index is 13.8. The minimum atomic E-state index is -0.616. The van der Waals surface area contributed by atoms with Gasteiger partial charge < -0.3 is 10.8 Å². The third-order valence-electron chi connectivity index (χ3n) is 3.64. The summed E-state index contributed by atoms with van der Waals surface area (Å²) in [5, 5.41) is 8.91. The van der Waals surface area contributed by atoms with Crippen molar-refractivity contribution in [1.82, 2.24) is 4.90 Å². The number of nitrogens with two attached hydrogens (primary N) is 1. The second-order valence-electron chi connectivity index (χ2n) is 5.07. The third kappa shape index (κ3) is 3.52. The summed E-state index contributed by atoms with van der Waals surface area (Å²) >= 11 is 0. The van der Waals surface area contributed by atoms with Crippen molar-refractivity contribution in [3.8, 4) is 0 Å². The highest BCUT2D eigenvalue weighted by Crippen LogP contribution is 2.22. The van der Waals surface area contributed by atoms with Crippen LogP contribution < -0.4 is 5.73 Å². The summed E-state index contributed by atoms with van der Waals surface area (Å²) in [6.07, 6.45) is 1.85. The van der Waals surface area contributed by atoms with Crippen LogP contribution in [-0.2, 0) is 6.54 Å². The number of aliphatic hydroxyl groups is 1. The van der Waals surface area contributed by atoms with Gasteiger partial charge in [-0.15, -0.1) is 0 Å². The SMILES string of the molecule is NC(=O)c1ccc(CN2CCC(CCO)C2)c(F)c1. The zero-order valence-electron chi connectivity index (χ0n) is 10.8. The molecule has 3 N–H and O–H groups in total. The molecule has 1 aliphatic rings. The highest BCUT2D eigenvalue weighted by molar-refractivity contribution is 5.92. The summed E-state index contributed by atoms with van der Waals surface area (Å²) < 4.78 is 13.8. The molecule has 1 amide bonds. The van der Waals surface area contributed by atoms with E-state index in [2.05, 4.69) is 4.90 Å². The smallest absolute Gasteiger partial charge is 0.248 e. The van der Waals surface area contributed by atoms with Gasteiger partial charge >= 0.3 is 0 Å². The van der Waals surface area contributed by atoms with E-state index in [-0.39, 0.29) is 18.0 Å². The van der Waals surface area contributed by atoms with Crippen molar-refractivity contribution in [3.05, 3.63) is 35.1 Å². The van der Waals surface area contributed by atoms with Crippen molar-refractivity contribution in [2.24, 2.45) is 11.7 Å². The van der Waals surface area contributed by atoms with Gasteiger partial charge in [0.05, 0.1) is 0 Å². The van der Waals surface area contributed by atoms with Crippen molar-refractivity contribution in [3.63, 3.8) is 0 Å². The van der Waals surface area contributed by atoms with Gasteiger partial charge in [-0.1, -0.05) is 6.07 Å². The minimum absolute atomic E-state index is 0.195. The number of amides is 1. The number of rotatable bonds is 5. The molecule has 1 unspecified atom stereocenters. The van der Waals surface area contributed by atoms with Gasteiger partial charge in [0, 0.05) is 30.8 Å². The summed E-state index contributed by atoms with van der Waals surface area (Å²) in [5.74, 6) is -0.505. The molecule has 5 heteroatoms. The molecule has 1 atom stereocenters. The highest BCUT2D eigenvalue weighted by atomic mass is 19.1. The number of halogens is 1. The van der Waals surface area contributed by atoms with Crippen LogP contribution in [0.3, 0.4) is 0 Å². The Labute approximate surface area is 112 Å². The summed E-state index contributed by atoms with van der Waals surface area (Å²) in [4.78, 5) is 13.1. The van der Waals surface area contributed by atoms with Gasteiger partial charge in [-0.25, -0.2) is 4.39 Å². The summed E-state index contributed by atoms with van der Waals surface area (Å²) in [5.41, 5.74) is 5.88. The Morgan fingerprint density at radius 1 is 1.53 bits per heavy atom. The highest BCUT2D eigenvalue weighted by Gasteiger charge is 2.22. The van der Waals surface area contributed by atoms with Gasteiger partial charge in [0.25, 0.3) is 0 Å². The van der Waals surface area contributed by atoms with E-state index in [0.29, 0.717) is 18.0 Å². The van der Waals surface area contributed by atoms with Gasteiger partial charge in [-0.05, 0) is 37.4 Å². The van der Waals surface area contributed by atoms with E-state index < -0.39 is 5.91 Å². The number of carbonyl (C=O) groups is 1. The molecule has 0 bridgehead atoms. The number of aliphatic hydroxyl groups excluding tert-OH is 1. The van der Waals surface area contributed by atoms with Gasteiger partial charge in [0.2, 0.25) is 5.91 Å². The summed E-state index contributed by atoms with van der Waals surface area (Å²) in [7, 11) is 0. The molecule has 1 heterocycles. The zero-order chi connectivity index (χ0) is 13.8. The maximum Gasteiger partial charge on any atom is 0.248 e. The largest absolute Gasteiger partial charge is 0.396 e. The monoisotopic (exact) mass is 266 g/mol. The van der Waals surface area contributed by atoms with Crippen LogP contribution in [0.4, 0.5) is 4.39 Å². The standard InChI is InChI=1S/C14H19FN2O2/c15-13-7-11(14(16)19)1-2-12(13)9-17-5-3-10(8-17)4-6-18/h1-2,7,10,18H,3-6,8-9H2,(H2,16,19). The predicted molar refractivity (Wildman–Crippen MR) is 70.0 cm³/mol. The molecule has 104 valence electrons. The van der Waals surface area contributed by atoms with Gasteiger partial charge in [0.1, 0.15) is 5.82 Å². The Hall–Kier alpha value is -1.46. The number of benzene rings is 1. The molecule has 4 nitrogen and oxygen atoms in total. The fourth-order valence-corrected chi connectivity index (χ4v) is 2.54. The second kappa shape index (κ2) is 6.12. The Morgan fingerprint density at radius 3 is 2.95 bits per heavy atom. The molecular weight excluding hydrogens is 247 g/mol. The molecule has 1 aliphatic heterocycles. The molecule has 2 rings (SSSR count). The lowest BCUT2D eigenvalue weighted by Crippen LogP contribution is -2.21. The number of nitrogens with zero attached hydrogens (tertiary/aromatic N) is 1. The minimum Gasteiger partial charge on any atom is -0.396 e. The Bertz CT molecular complexity index is 465. The van der Waals surface area contributed by atoms with E-state index in [4.69, 9.17) is 10.8 Å². The molecule has 0 spiro atoms. The van der Waals surface area contributed by atoms with E-state index in [0.717, 1.165) is 25.9 Å². The molecule has 1 saturated heterocycles. The molecule has 0 aromatic heterocycles. The first-order valence-corrected chi connectivity index (χ1v) is 6.51. The van der Waals surface area contributed by atoms with Gasteiger partial charge in [0.15, 0.2) is 0 Å². The average Bonchev–Trinajstić information content (AvgIpc) is 2.79. The Kier molecular flexibility index (Phi) is 4.50. The molecule has 0 aliphatic carbocycles.